The Morgan fingerprint density at radius 3 is 2.16 bits per heavy atom. The minimum atomic E-state index is -0.925. The zero-order valence-electron chi connectivity index (χ0n) is 11.9. The number of rotatable bonds is 6. The fourth-order valence-electron chi connectivity index (χ4n) is 1.24. The number of carbonyl (C=O) groups is 3. The first-order valence-electron chi connectivity index (χ1n) is 6.10. The van der Waals surface area contributed by atoms with Crippen LogP contribution in [0.4, 0.5) is 0 Å². The zero-order valence-corrected chi connectivity index (χ0v) is 11.9. The van der Waals surface area contributed by atoms with Crippen molar-refractivity contribution in [2.45, 2.75) is 58.2 Å². The van der Waals surface area contributed by atoms with Crippen molar-refractivity contribution >= 4 is 17.8 Å². The van der Waals surface area contributed by atoms with Crippen molar-refractivity contribution in [3.8, 4) is 0 Å². The number of primary amides is 1. The Kier molecular flexibility index (Phi) is 6.47. The summed E-state index contributed by atoms with van der Waals surface area (Å²) in [6.45, 7) is 6.72. The van der Waals surface area contributed by atoms with E-state index >= 15 is 0 Å². The van der Waals surface area contributed by atoms with Crippen molar-refractivity contribution in [2.75, 3.05) is 0 Å². The van der Waals surface area contributed by atoms with E-state index in [1.165, 1.54) is 6.92 Å². The van der Waals surface area contributed by atoms with Crippen molar-refractivity contribution in [1.82, 2.24) is 5.32 Å². The standard InChI is InChI=1S/C12H23N3O4/c1-7(13)11(18)15-8(10(14)17)5-6-9(16)19-12(2,3)4/h7-8H,5-6,13H2,1-4H3,(H2,14,17)(H,15,18)/t7-,8+/m0/s1. The lowest BCUT2D eigenvalue weighted by Crippen LogP contribution is -2.49. The molecular formula is C12H23N3O4. The number of nitrogens with one attached hydrogen (secondary N) is 1. The van der Waals surface area contributed by atoms with Gasteiger partial charge in [0.15, 0.2) is 0 Å². The molecule has 0 bridgehead atoms. The third-order valence-corrected chi connectivity index (χ3v) is 2.13. The fourth-order valence-corrected chi connectivity index (χ4v) is 1.24. The molecule has 0 aliphatic heterocycles. The average molecular weight is 273 g/mol. The molecule has 0 aromatic carbocycles. The summed E-state index contributed by atoms with van der Waals surface area (Å²) >= 11 is 0. The summed E-state index contributed by atoms with van der Waals surface area (Å²) in [7, 11) is 0. The lowest BCUT2D eigenvalue weighted by atomic mass is 10.1. The van der Waals surface area contributed by atoms with E-state index in [1.807, 2.05) is 0 Å². The third kappa shape index (κ3) is 8.15. The fraction of sp³-hybridized carbons (Fsp3) is 0.750. The van der Waals surface area contributed by atoms with Gasteiger partial charge < -0.3 is 21.5 Å². The molecule has 2 amide bonds. The molecule has 2 atom stereocenters. The summed E-state index contributed by atoms with van der Waals surface area (Å²) in [4.78, 5) is 34.0. The molecule has 0 spiro atoms. The van der Waals surface area contributed by atoms with E-state index in [0.29, 0.717) is 0 Å². The predicted octanol–water partition coefficient (Wildman–Crippen LogP) is -0.574. The molecule has 5 N–H and O–H groups in total. The summed E-state index contributed by atoms with van der Waals surface area (Å²) in [5.41, 5.74) is 9.93. The van der Waals surface area contributed by atoms with Gasteiger partial charge in [0, 0.05) is 6.42 Å². The van der Waals surface area contributed by atoms with Gasteiger partial charge in [0.2, 0.25) is 11.8 Å². The lowest BCUT2D eigenvalue weighted by molar-refractivity contribution is -0.155. The van der Waals surface area contributed by atoms with Crippen LogP contribution < -0.4 is 16.8 Å². The van der Waals surface area contributed by atoms with Crippen molar-refractivity contribution in [2.24, 2.45) is 11.5 Å². The molecule has 0 saturated carbocycles. The Morgan fingerprint density at radius 1 is 1.26 bits per heavy atom. The molecule has 110 valence electrons. The second kappa shape index (κ2) is 7.08. The van der Waals surface area contributed by atoms with Crippen molar-refractivity contribution in [3.63, 3.8) is 0 Å². The van der Waals surface area contributed by atoms with E-state index in [-0.39, 0.29) is 12.8 Å². The van der Waals surface area contributed by atoms with Gasteiger partial charge in [0.1, 0.15) is 11.6 Å². The van der Waals surface area contributed by atoms with Crippen LogP contribution in [-0.4, -0.2) is 35.5 Å². The summed E-state index contributed by atoms with van der Waals surface area (Å²) in [6.07, 6.45) is 0.0762. The van der Waals surface area contributed by atoms with Crippen molar-refractivity contribution < 1.29 is 19.1 Å². The average Bonchev–Trinajstić information content (AvgIpc) is 2.20. The van der Waals surface area contributed by atoms with Gasteiger partial charge in [-0.2, -0.15) is 0 Å². The molecule has 7 nitrogen and oxygen atoms in total. The first-order valence-corrected chi connectivity index (χ1v) is 6.10. The first kappa shape index (κ1) is 17.4. The third-order valence-electron chi connectivity index (χ3n) is 2.13. The zero-order chi connectivity index (χ0) is 15.2. The number of carbonyl (C=O) groups excluding carboxylic acids is 3. The van der Waals surface area contributed by atoms with Gasteiger partial charge in [0.05, 0.1) is 6.04 Å². The Hall–Kier alpha value is -1.63. The SMILES string of the molecule is C[C@H](N)C(=O)N[C@H](CCC(=O)OC(C)(C)C)C(N)=O. The maximum absolute atomic E-state index is 11.5. The highest BCUT2D eigenvalue weighted by Gasteiger charge is 2.22. The molecule has 0 aromatic rings. The van der Waals surface area contributed by atoms with E-state index in [9.17, 15) is 14.4 Å². The predicted molar refractivity (Wildman–Crippen MR) is 69.9 cm³/mol. The minimum absolute atomic E-state index is 0.00981. The van der Waals surface area contributed by atoms with Gasteiger partial charge in [-0.15, -0.1) is 0 Å². The number of esters is 1. The van der Waals surface area contributed by atoms with Crippen LogP contribution in [0.3, 0.4) is 0 Å². The van der Waals surface area contributed by atoms with Crippen LogP contribution in [0, 0.1) is 0 Å². The van der Waals surface area contributed by atoms with Crippen molar-refractivity contribution in [3.05, 3.63) is 0 Å². The molecule has 0 rings (SSSR count). The number of nitrogens with two attached hydrogens (primary N) is 2. The Bertz CT molecular complexity index is 347. The number of ether oxygens (including phenoxy) is 1. The normalized spacial score (nSPS) is 14.4. The number of hydrogen-bond donors (Lipinski definition) is 3. The monoisotopic (exact) mass is 273 g/mol. The molecule has 0 saturated heterocycles. The molecule has 0 aromatic heterocycles. The second-order valence-corrected chi connectivity index (χ2v) is 5.38. The van der Waals surface area contributed by atoms with Gasteiger partial charge in [0.25, 0.3) is 0 Å². The maximum atomic E-state index is 11.5. The van der Waals surface area contributed by atoms with Crippen LogP contribution in [-0.2, 0) is 19.1 Å². The van der Waals surface area contributed by atoms with Crippen LogP contribution in [0.2, 0.25) is 0 Å². The molecule has 7 heteroatoms. The van der Waals surface area contributed by atoms with Gasteiger partial charge in [-0.05, 0) is 34.1 Å². The van der Waals surface area contributed by atoms with Gasteiger partial charge in [-0.3, -0.25) is 14.4 Å². The van der Waals surface area contributed by atoms with Crippen LogP contribution in [0.25, 0.3) is 0 Å². The number of hydrogen-bond acceptors (Lipinski definition) is 5. The molecule has 0 aliphatic rings. The second-order valence-electron chi connectivity index (χ2n) is 5.38. The van der Waals surface area contributed by atoms with Crippen LogP contribution in [0.5, 0.6) is 0 Å². The van der Waals surface area contributed by atoms with Gasteiger partial charge in [-0.1, -0.05) is 0 Å². The molecule has 0 fully saturated rings. The van der Waals surface area contributed by atoms with Crippen LogP contribution in [0.1, 0.15) is 40.5 Å². The molecular weight excluding hydrogens is 250 g/mol. The van der Waals surface area contributed by atoms with E-state index < -0.39 is 35.5 Å². The van der Waals surface area contributed by atoms with E-state index in [2.05, 4.69) is 5.32 Å². The van der Waals surface area contributed by atoms with Crippen molar-refractivity contribution in [1.29, 1.82) is 0 Å². The first-order chi connectivity index (χ1) is 8.53. The highest BCUT2D eigenvalue weighted by molar-refractivity contribution is 5.89. The van der Waals surface area contributed by atoms with Crippen LogP contribution in [0.15, 0.2) is 0 Å². The quantitative estimate of drug-likeness (QED) is 0.559. The molecule has 0 radical (unpaired) electrons. The van der Waals surface area contributed by atoms with E-state index in [1.54, 1.807) is 20.8 Å². The molecule has 19 heavy (non-hydrogen) atoms. The summed E-state index contributed by atoms with van der Waals surface area (Å²) in [5, 5.41) is 2.39. The molecule has 0 aliphatic carbocycles. The van der Waals surface area contributed by atoms with Crippen LogP contribution >= 0.6 is 0 Å². The summed E-state index contributed by atoms with van der Waals surface area (Å²) < 4.78 is 5.09. The van der Waals surface area contributed by atoms with Gasteiger partial charge in [-0.25, -0.2) is 0 Å². The highest BCUT2D eigenvalue weighted by atomic mass is 16.6. The van der Waals surface area contributed by atoms with E-state index in [0.717, 1.165) is 0 Å². The smallest absolute Gasteiger partial charge is 0.306 e. The topological polar surface area (TPSA) is 125 Å². The Labute approximate surface area is 113 Å². The number of amides is 2. The summed E-state index contributed by atoms with van der Waals surface area (Å²) in [5.74, 6) is -1.65. The molecule has 0 unspecified atom stereocenters. The lowest BCUT2D eigenvalue weighted by Gasteiger charge is -2.21. The minimum Gasteiger partial charge on any atom is -0.460 e. The Balaban J connectivity index is 4.34. The largest absolute Gasteiger partial charge is 0.460 e. The maximum Gasteiger partial charge on any atom is 0.306 e. The van der Waals surface area contributed by atoms with E-state index in [4.69, 9.17) is 16.2 Å². The highest BCUT2D eigenvalue weighted by Crippen LogP contribution is 2.10. The Morgan fingerprint density at radius 2 is 1.79 bits per heavy atom. The van der Waals surface area contributed by atoms with Gasteiger partial charge >= 0.3 is 5.97 Å². The summed E-state index contributed by atoms with van der Waals surface area (Å²) in [6, 6.07) is -1.67. The molecule has 0 heterocycles.